The van der Waals surface area contributed by atoms with Gasteiger partial charge in [0.15, 0.2) is 0 Å². The van der Waals surface area contributed by atoms with Crippen molar-refractivity contribution < 1.29 is 29.4 Å². The maximum absolute atomic E-state index is 12.5. The second-order valence-corrected chi connectivity index (χ2v) is 7.56. The Bertz CT molecular complexity index is 586. The summed E-state index contributed by atoms with van der Waals surface area (Å²) >= 11 is 0. The fourth-order valence-electron chi connectivity index (χ4n) is 2.64. The summed E-state index contributed by atoms with van der Waals surface area (Å²) in [4.78, 5) is 48.4. The number of nitrogens with one attached hydrogen (secondary N) is 3. The average molecular weight is 432 g/mol. The molecule has 11 nitrogen and oxygen atoms in total. The molecule has 30 heavy (non-hydrogen) atoms. The predicted octanol–water partition coefficient (Wildman–Crippen LogP) is -1.57. The van der Waals surface area contributed by atoms with Crippen molar-refractivity contribution >= 4 is 23.7 Å². The van der Waals surface area contributed by atoms with E-state index in [1.807, 2.05) is 0 Å². The number of unbranched alkanes of at least 4 members (excludes halogenated alkanes) is 1. The number of nitrogens with two attached hydrogens (primary N) is 2. The van der Waals surface area contributed by atoms with Crippen LogP contribution in [0.15, 0.2) is 0 Å². The van der Waals surface area contributed by atoms with Crippen LogP contribution in [0.1, 0.15) is 53.4 Å². The fourth-order valence-corrected chi connectivity index (χ4v) is 2.64. The van der Waals surface area contributed by atoms with Crippen LogP contribution in [0.25, 0.3) is 0 Å². The van der Waals surface area contributed by atoms with Crippen LogP contribution in [-0.2, 0) is 19.2 Å². The van der Waals surface area contributed by atoms with Crippen LogP contribution in [0.2, 0.25) is 0 Å². The Kier molecular flexibility index (Phi) is 12.8. The quantitative estimate of drug-likeness (QED) is 0.160. The van der Waals surface area contributed by atoms with E-state index in [1.54, 1.807) is 13.8 Å². The summed E-state index contributed by atoms with van der Waals surface area (Å²) in [5, 5.41) is 26.4. The molecule has 0 aliphatic carbocycles. The molecule has 0 bridgehead atoms. The van der Waals surface area contributed by atoms with Crippen LogP contribution in [0.3, 0.4) is 0 Å². The molecule has 0 aromatic carbocycles. The molecule has 0 saturated carbocycles. The minimum atomic E-state index is -1.39. The summed E-state index contributed by atoms with van der Waals surface area (Å²) in [5.41, 5.74) is 11.2. The number of aliphatic carboxylic acids is 1. The van der Waals surface area contributed by atoms with Crippen molar-refractivity contribution in [1.29, 1.82) is 0 Å². The van der Waals surface area contributed by atoms with E-state index in [0.29, 0.717) is 25.8 Å². The van der Waals surface area contributed by atoms with Crippen molar-refractivity contribution in [2.45, 2.75) is 83.6 Å². The first kappa shape index (κ1) is 27.8. The first-order valence-corrected chi connectivity index (χ1v) is 10.2. The van der Waals surface area contributed by atoms with Crippen molar-refractivity contribution in [3.8, 4) is 0 Å². The third-order valence-electron chi connectivity index (χ3n) is 4.90. The third kappa shape index (κ3) is 9.51. The van der Waals surface area contributed by atoms with E-state index in [0.717, 1.165) is 6.42 Å². The summed E-state index contributed by atoms with van der Waals surface area (Å²) in [6.07, 6.45) is 1.05. The molecule has 0 heterocycles. The van der Waals surface area contributed by atoms with Crippen molar-refractivity contribution in [3.05, 3.63) is 0 Å². The second-order valence-electron chi connectivity index (χ2n) is 7.56. The summed E-state index contributed by atoms with van der Waals surface area (Å²) in [5.74, 6) is -3.62. The van der Waals surface area contributed by atoms with E-state index in [1.165, 1.54) is 13.8 Å². The number of carboxylic acid groups (broad SMARTS) is 1. The summed E-state index contributed by atoms with van der Waals surface area (Å²) in [6.45, 7) is 6.65. The predicted molar refractivity (Wildman–Crippen MR) is 111 cm³/mol. The number of hydrogen-bond acceptors (Lipinski definition) is 7. The standard InChI is InChI=1S/C19H37N5O6/c1-5-10(2)14(19(29)30)23-18(28)15(12(4)25)24-16(26)11(3)22-17(27)13(21)8-6-7-9-20/h10-15,25H,5-9,20-21H2,1-4H3,(H,22,27)(H,23,28)(H,24,26)(H,29,30). The van der Waals surface area contributed by atoms with Crippen molar-refractivity contribution in [2.75, 3.05) is 6.54 Å². The highest BCUT2D eigenvalue weighted by molar-refractivity contribution is 5.94. The molecule has 0 spiro atoms. The van der Waals surface area contributed by atoms with Crippen molar-refractivity contribution in [1.82, 2.24) is 16.0 Å². The maximum atomic E-state index is 12.5. The number of aliphatic hydroxyl groups is 1. The summed E-state index contributed by atoms with van der Waals surface area (Å²) in [6, 6.07) is -4.36. The average Bonchev–Trinajstić information content (AvgIpc) is 2.68. The van der Waals surface area contributed by atoms with E-state index < -0.39 is 54.0 Å². The Labute approximate surface area is 177 Å². The minimum Gasteiger partial charge on any atom is -0.480 e. The molecule has 0 aromatic heterocycles. The van der Waals surface area contributed by atoms with E-state index >= 15 is 0 Å². The maximum Gasteiger partial charge on any atom is 0.326 e. The van der Waals surface area contributed by atoms with Crippen LogP contribution in [0.5, 0.6) is 0 Å². The lowest BCUT2D eigenvalue weighted by atomic mass is 9.98. The van der Waals surface area contributed by atoms with Crippen LogP contribution in [-0.4, -0.2) is 70.7 Å². The first-order chi connectivity index (χ1) is 14.0. The zero-order chi connectivity index (χ0) is 23.4. The number of amides is 3. The Balaban J connectivity index is 4.96. The highest BCUT2D eigenvalue weighted by Crippen LogP contribution is 2.09. The van der Waals surface area contributed by atoms with E-state index in [-0.39, 0.29) is 5.92 Å². The number of carbonyl (C=O) groups excluding carboxylic acids is 3. The lowest BCUT2D eigenvalue weighted by Gasteiger charge is -2.27. The largest absolute Gasteiger partial charge is 0.480 e. The summed E-state index contributed by atoms with van der Waals surface area (Å²) in [7, 11) is 0. The SMILES string of the molecule is CCC(C)C(NC(=O)C(NC(=O)C(C)NC(=O)C(N)CCCCN)C(C)O)C(=O)O. The Morgan fingerprint density at radius 3 is 1.93 bits per heavy atom. The number of hydrogen-bond donors (Lipinski definition) is 7. The minimum absolute atomic E-state index is 0.351. The van der Waals surface area contributed by atoms with Crippen LogP contribution < -0.4 is 27.4 Å². The zero-order valence-electron chi connectivity index (χ0n) is 18.2. The van der Waals surface area contributed by atoms with Gasteiger partial charge in [0.2, 0.25) is 17.7 Å². The molecule has 0 aliphatic rings. The Hall–Kier alpha value is -2.24. The van der Waals surface area contributed by atoms with Gasteiger partial charge in [-0.05, 0) is 39.2 Å². The molecule has 9 N–H and O–H groups in total. The number of aliphatic hydroxyl groups excluding tert-OH is 1. The Morgan fingerprint density at radius 2 is 1.47 bits per heavy atom. The second kappa shape index (κ2) is 13.9. The first-order valence-electron chi connectivity index (χ1n) is 10.2. The molecule has 6 atom stereocenters. The topological polar surface area (TPSA) is 197 Å². The monoisotopic (exact) mass is 431 g/mol. The van der Waals surface area contributed by atoms with Gasteiger partial charge in [0.1, 0.15) is 18.1 Å². The van der Waals surface area contributed by atoms with Crippen molar-refractivity contribution in [3.63, 3.8) is 0 Å². The molecule has 0 saturated heterocycles. The highest BCUT2D eigenvalue weighted by atomic mass is 16.4. The number of carboxylic acids is 1. The van der Waals surface area contributed by atoms with Gasteiger partial charge in [-0.15, -0.1) is 0 Å². The molecule has 3 amide bonds. The third-order valence-corrected chi connectivity index (χ3v) is 4.90. The molecular weight excluding hydrogens is 394 g/mol. The van der Waals surface area contributed by atoms with Gasteiger partial charge in [0.05, 0.1) is 12.1 Å². The number of carbonyl (C=O) groups is 4. The fraction of sp³-hybridized carbons (Fsp3) is 0.789. The molecule has 0 fully saturated rings. The molecular formula is C19H37N5O6. The highest BCUT2D eigenvalue weighted by Gasteiger charge is 2.33. The zero-order valence-corrected chi connectivity index (χ0v) is 18.2. The molecule has 0 radical (unpaired) electrons. The molecule has 0 aromatic rings. The van der Waals surface area contributed by atoms with Gasteiger partial charge in [-0.25, -0.2) is 4.79 Å². The molecule has 0 aliphatic heterocycles. The van der Waals surface area contributed by atoms with E-state index in [4.69, 9.17) is 11.5 Å². The number of rotatable bonds is 14. The summed E-state index contributed by atoms with van der Waals surface area (Å²) < 4.78 is 0. The van der Waals surface area contributed by atoms with Gasteiger partial charge in [-0.2, -0.15) is 0 Å². The van der Waals surface area contributed by atoms with Gasteiger partial charge >= 0.3 is 5.97 Å². The lowest BCUT2D eigenvalue weighted by Crippen LogP contribution is -2.59. The molecule has 6 unspecified atom stereocenters. The van der Waals surface area contributed by atoms with Gasteiger partial charge in [0.25, 0.3) is 0 Å². The van der Waals surface area contributed by atoms with Gasteiger partial charge in [-0.1, -0.05) is 26.7 Å². The lowest BCUT2D eigenvalue weighted by molar-refractivity contribution is -0.144. The molecule has 0 rings (SSSR count). The van der Waals surface area contributed by atoms with Gasteiger partial charge in [0, 0.05) is 0 Å². The molecule has 174 valence electrons. The van der Waals surface area contributed by atoms with Crippen molar-refractivity contribution in [2.24, 2.45) is 17.4 Å². The molecule has 11 heteroatoms. The van der Waals surface area contributed by atoms with Gasteiger partial charge < -0.3 is 37.6 Å². The van der Waals surface area contributed by atoms with Crippen LogP contribution in [0, 0.1) is 5.92 Å². The smallest absolute Gasteiger partial charge is 0.326 e. The Morgan fingerprint density at radius 1 is 0.900 bits per heavy atom. The van der Waals surface area contributed by atoms with E-state index in [9.17, 15) is 29.4 Å². The van der Waals surface area contributed by atoms with Crippen LogP contribution in [0.4, 0.5) is 0 Å². The van der Waals surface area contributed by atoms with E-state index in [2.05, 4.69) is 16.0 Å². The normalized spacial score (nSPS) is 17.0. The van der Waals surface area contributed by atoms with Crippen LogP contribution >= 0.6 is 0 Å². The van der Waals surface area contributed by atoms with Gasteiger partial charge in [-0.3, -0.25) is 14.4 Å².